The summed E-state index contributed by atoms with van der Waals surface area (Å²) in [6.45, 7) is 3.84. The molecule has 0 aliphatic carbocycles. The lowest BCUT2D eigenvalue weighted by atomic mass is 9.99. The number of amides is 1. The molecule has 1 amide bonds. The van der Waals surface area contributed by atoms with Gasteiger partial charge in [-0.2, -0.15) is 0 Å². The number of rotatable bonds is 4. The Hall–Kier alpha value is -2.33. The Morgan fingerprint density at radius 2 is 1.88 bits per heavy atom. The molecule has 2 aromatic carbocycles. The van der Waals surface area contributed by atoms with E-state index in [9.17, 15) is 4.79 Å². The second-order valence-electron chi connectivity index (χ2n) is 7.15. The minimum Gasteiger partial charge on any atom is -0.484 e. The summed E-state index contributed by atoms with van der Waals surface area (Å²) in [5, 5.41) is 5.76. The van der Waals surface area contributed by atoms with Gasteiger partial charge in [-0.3, -0.25) is 4.79 Å². The smallest absolute Gasteiger partial charge is 0.260 e. The minimum atomic E-state index is 0.0944. The van der Waals surface area contributed by atoms with E-state index in [1.165, 1.54) is 22.9 Å². The zero-order valence-corrected chi connectivity index (χ0v) is 15.2. The zero-order chi connectivity index (χ0) is 17.8. The third-order valence-electron chi connectivity index (χ3n) is 5.28. The molecule has 2 heterocycles. The number of carbonyl (C=O) groups excluding carboxylic acids is 1. The number of benzene rings is 2. The average molecular weight is 350 g/mol. The zero-order valence-electron chi connectivity index (χ0n) is 15.2. The van der Waals surface area contributed by atoms with Crippen molar-refractivity contribution in [3.63, 3.8) is 0 Å². The van der Waals surface area contributed by atoms with Crippen LogP contribution in [0, 0.1) is 0 Å². The molecule has 0 bridgehead atoms. The van der Waals surface area contributed by atoms with Crippen LogP contribution in [0.5, 0.6) is 5.75 Å². The molecule has 0 radical (unpaired) electrons. The Morgan fingerprint density at radius 1 is 1.04 bits per heavy atom. The maximum Gasteiger partial charge on any atom is 0.260 e. The molecule has 0 spiro atoms. The van der Waals surface area contributed by atoms with Crippen molar-refractivity contribution < 1.29 is 9.53 Å². The van der Waals surface area contributed by atoms with Crippen molar-refractivity contribution in [3.8, 4) is 5.75 Å². The fraction of sp³-hybridized carbons (Fsp3) is 0.409. The molecular formula is C22H26N2O2. The lowest BCUT2D eigenvalue weighted by Crippen LogP contribution is -2.38. The highest BCUT2D eigenvalue weighted by Gasteiger charge is 2.16. The molecule has 4 nitrogen and oxygen atoms in total. The molecule has 0 unspecified atom stereocenters. The van der Waals surface area contributed by atoms with Gasteiger partial charge in [0.1, 0.15) is 5.75 Å². The first-order valence-electron chi connectivity index (χ1n) is 9.64. The molecule has 1 fully saturated rings. The van der Waals surface area contributed by atoms with Crippen LogP contribution in [-0.2, 0) is 4.79 Å². The molecule has 4 heteroatoms. The Balaban J connectivity index is 1.47. The van der Waals surface area contributed by atoms with Gasteiger partial charge in [0.15, 0.2) is 6.61 Å². The van der Waals surface area contributed by atoms with Crippen molar-refractivity contribution in [2.75, 3.05) is 32.8 Å². The third-order valence-corrected chi connectivity index (χ3v) is 5.28. The summed E-state index contributed by atoms with van der Waals surface area (Å²) >= 11 is 0. The van der Waals surface area contributed by atoms with Crippen LogP contribution in [0.1, 0.15) is 31.2 Å². The molecule has 136 valence electrons. The molecular weight excluding hydrogens is 324 g/mol. The standard InChI is InChI=1S/C22H26N2O2/c25-22(24-11-2-1-3-12-24)16-26-21-9-8-17-6-7-18(13-20(17)14-21)19-5-4-10-23-15-19/h5-9,13-14,23H,1-4,10-12,15-16H2. The Morgan fingerprint density at radius 3 is 2.69 bits per heavy atom. The predicted octanol–water partition coefficient (Wildman–Crippen LogP) is 3.61. The SMILES string of the molecule is O=C(COc1ccc2ccc(C3=CCCNC3)cc2c1)N1CCCCC1. The lowest BCUT2D eigenvalue weighted by molar-refractivity contribution is -0.134. The lowest BCUT2D eigenvalue weighted by Gasteiger charge is -2.26. The van der Waals surface area contributed by atoms with E-state index >= 15 is 0 Å². The second-order valence-corrected chi connectivity index (χ2v) is 7.15. The normalized spacial score (nSPS) is 17.8. The number of likely N-dealkylation sites (tertiary alicyclic amines) is 1. The van der Waals surface area contributed by atoms with Gasteiger partial charge < -0.3 is 15.0 Å². The van der Waals surface area contributed by atoms with E-state index in [0.29, 0.717) is 0 Å². The van der Waals surface area contributed by atoms with Gasteiger partial charge >= 0.3 is 0 Å². The van der Waals surface area contributed by atoms with Gasteiger partial charge in [0.2, 0.25) is 0 Å². The van der Waals surface area contributed by atoms with Gasteiger partial charge in [-0.05, 0) is 72.3 Å². The Kier molecular flexibility index (Phi) is 5.21. The van der Waals surface area contributed by atoms with E-state index in [-0.39, 0.29) is 12.5 Å². The Labute approximate surface area is 154 Å². The van der Waals surface area contributed by atoms with Crippen molar-refractivity contribution in [3.05, 3.63) is 48.0 Å². The number of hydrogen-bond acceptors (Lipinski definition) is 3. The Bertz CT molecular complexity index is 822. The van der Waals surface area contributed by atoms with Crippen LogP contribution in [0.25, 0.3) is 16.3 Å². The maximum atomic E-state index is 12.3. The van der Waals surface area contributed by atoms with Gasteiger partial charge in [0.05, 0.1) is 0 Å². The first-order valence-corrected chi connectivity index (χ1v) is 9.64. The molecule has 1 N–H and O–H groups in total. The summed E-state index contributed by atoms with van der Waals surface area (Å²) in [6.07, 6.45) is 6.83. The summed E-state index contributed by atoms with van der Waals surface area (Å²) in [4.78, 5) is 14.2. The monoisotopic (exact) mass is 350 g/mol. The van der Waals surface area contributed by atoms with Crippen molar-refractivity contribution in [1.82, 2.24) is 10.2 Å². The van der Waals surface area contributed by atoms with Gasteiger partial charge in [-0.15, -0.1) is 0 Å². The first kappa shape index (κ1) is 17.1. The fourth-order valence-corrected chi connectivity index (χ4v) is 3.76. The van der Waals surface area contributed by atoms with E-state index in [4.69, 9.17) is 4.74 Å². The van der Waals surface area contributed by atoms with Crippen molar-refractivity contribution in [1.29, 1.82) is 0 Å². The van der Waals surface area contributed by atoms with Crippen molar-refractivity contribution in [2.45, 2.75) is 25.7 Å². The summed E-state index contributed by atoms with van der Waals surface area (Å²) in [7, 11) is 0. The molecule has 0 atom stereocenters. The predicted molar refractivity (Wildman–Crippen MR) is 105 cm³/mol. The largest absolute Gasteiger partial charge is 0.484 e. The number of nitrogens with one attached hydrogen (secondary N) is 1. The number of carbonyl (C=O) groups is 1. The molecule has 0 aromatic heterocycles. The van der Waals surface area contributed by atoms with Gasteiger partial charge in [0.25, 0.3) is 5.91 Å². The number of fused-ring (bicyclic) bond motifs is 1. The van der Waals surface area contributed by atoms with Crippen molar-refractivity contribution >= 4 is 22.3 Å². The fourth-order valence-electron chi connectivity index (χ4n) is 3.76. The van der Waals surface area contributed by atoms with E-state index in [0.717, 1.165) is 56.6 Å². The quantitative estimate of drug-likeness (QED) is 0.916. The highest BCUT2D eigenvalue weighted by Crippen LogP contribution is 2.26. The van der Waals surface area contributed by atoms with Gasteiger partial charge in [-0.1, -0.05) is 24.3 Å². The van der Waals surface area contributed by atoms with E-state index in [1.54, 1.807) is 0 Å². The first-order chi connectivity index (χ1) is 12.8. The third kappa shape index (κ3) is 3.91. The number of ether oxygens (including phenoxy) is 1. The van der Waals surface area contributed by atoms with Crippen LogP contribution in [0.3, 0.4) is 0 Å². The average Bonchev–Trinajstić information content (AvgIpc) is 2.72. The van der Waals surface area contributed by atoms with Crippen LogP contribution >= 0.6 is 0 Å². The summed E-state index contributed by atoms with van der Waals surface area (Å²) < 4.78 is 5.80. The highest BCUT2D eigenvalue weighted by molar-refractivity contribution is 5.88. The molecule has 0 saturated carbocycles. The van der Waals surface area contributed by atoms with Gasteiger partial charge in [-0.25, -0.2) is 0 Å². The van der Waals surface area contributed by atoms with Crippen molar-refractivity contribution in [2.24, 2.45) is 0 Å². The van der Waals surface area contributed by atoms with Crippen LogP contribution in [-0.4, -0.2) is 43.6 Å². The number of hydrogen-bond donors (Lipinski definition) is 1. The molecule has 2 aromatic rings. The summed E-state index contributed by atoms with van der Waals surface area (Å²) in [6, 6.07) is 12.6. The highest BCUT2D eigenvalue weighted by atomic mass is 16.5. The van der Waals surface area contributed by atoms with E-state index < -0.39 is 0 Å². The van der Waals surface area contributed by atoms with Crippen LogP contribution in [0.2, 0.25) is 0 Å². The van der Waals surface area contributed by atoms with Gasteiger partial charge in [0, 0.05) is 19.6 Å². The maximum absolute atomic E-state index is 12.3. The molecule has 2 aliphatic heterocycles. The topological polar surface area (TPSA) is 41.6 Å². The van der Waals surface area contributed by atoms with E-state index in [2.05, 4.69) is 35.7 Å². The molecule has 4 rings (SSSR count). The second kappa shape index (κ2) is 7.92. The molecule has 1 saturated heterocycles. The summed E-state index contributed by atoms with van der Waals surface area (Å²) in [5.74, 6) is 0.854. The minimum absolute atomic E-state index is 0.0944. The van der Waals surface area contributed by atoms with Crippen LogP contribution < -0.4 is 10.1 Å². The summed E-state index contributed by atoms with van der Waals surface area (Å²) in [5.41, 5.74) is 2.61. The number of nitrogens with zero attached hydrogens (tertiary/aromatic N) is 1. The molecule has 26 heavy (non-hydrogen) atoms. The van der Waals surface area contributed by atoms with E-state index in [1.807, 2.05) is 17.0 Å². The van der Waals surface area contributed by atoms with Crippen LogP contribution in [0.15, 0.2) is 42.5 Å². The number of piperidine rings is 1. The van der Waals surface area contributed by atoms with Crippen LogP contribution in [0.4, 0.5) is 0 Å². The molecule has 2 aliphatic rings.